The van der Waals surface area contributed by atoms with Gasteiger partial charge in [-0.05, 0) is 50.2 Å². The number of benzene rings is 2. The van der Waals surface area contributed by atoms with E-state index in [2.05, 4.69) is 9.97 Å². The molecule has 0 fully saturated rings. The summed E-state index contributed by atoms with van der Waals surface area (Å²) in [7, 11) is 0. The first-order valence-corrected chi connectivity index (χ1v) is 8.58. The average Bonchev–Trinajstić information content (AvgIpc) is 2.62. The molecule has 2 aromatic heterocycles. The normalized spacial score (nSPS) is 10.2. The first-order chi connectivity index (χ1) is 12.4. The summed E-state index contributed by atoms with van der Waals surface area (Å²) in [6.45, 7) is 3.69. The Morgan fingerprint density at radius 3 is 1.37 bits per heavy atom. The molecule has 4 nitrogen and oxygen atoms in total. The number of aromatic nitrogens is 2. The molecular weight excluding hydrogens is 395 g/mol. The number of nitrogens with zero attached hydrogens (tertiary/aromatic N) is 2. The summed E-state index contributed by atoms with van der Waals surface area (Å²) in [5, 5.41) is 25.3. The number of hydrogen-bond donors (Lipinski definition) is 0. The number of fused-ring (bicyclic) bond motifs is 2. The summed E-state index contributed by atoms with van der Waals surface area (Å²) >= 11 is 11.8. The smallest absolute Gasteiger partial charge is 0.871 e. The Balaban J connectivity index is 0.000000187. The predicted octanol–water partition coefficient (Wildman–Crippen LogP) is 4.16. The summed E-state index contributed by atoms with van der Waals surface area (Å²) < 4.78 is 0. The van der Waals surface area contributed by atoms with E-state index in [4.69, 9.17) is 23.2 Å². The zero-order valence-electron chi connectivity index (χ0n) is 14.8. The van der Waals surface area contributed by atoms with Crippen molar-refractivity contribution in [3.05, 3.63) is 70.0 Å². The van der Waals surface area contributed by atoms with Gasteiger partial charge in [0.25, 0.3) is 0 Å². The van der Waals surface area contributed by atoms with Gasteiger partial charge in [0.15, 0.2) is 0 Å². The van der Waals surface area contributed by atoms with E-state index in [0.29, 0.717) is 21.1 Å². The van der Waals surface area contributed by atoms with E-state index < -0.39 is 0 Å². The molecule has 0 amide bonds. The number of halogens is 2. The second kappa shape index (κ2) is 8.93. The van der Waals surface area contributed by atoms with Crippen molar-refractivity contribution in [2.75, 3.05) is 0 Å². The quantitative estimate of drug-likeness (QED) is 0.409. The largest absolute Gasteiger partial charge is 2.00 e. The molecule has 0 radical (unpaired) electrons. The van der Waals surface area contributed by atoms with E-state index in [9.17, 15) is 10.2 Å². The molecule has 4 rings (SSSR count). The van der Waals surface area contributed by atoms with Gasteiger partial charge < -0.3 is 10.2 Å². The van der Waals surface area contributed by atoms with Crippen molar-refractivity contribution in [1.82, 2.24) is 9.97 Å². The van der Waals surface area contributed by atoms with Crippen LogP contribution in [0.5, 0.6) is 11.5 Å². The first kappa shape index (κ1) is 21.5. The van der Waals surface area contributed by atoms with Gasteiger partial charge in [-0.2, -0.15) is 0 Å². The van der Waals surface area contributed by atoms with E-state index >= 15 is 0 Å². The molecule has 0 saturated heterocycles. The van der Waals surface area contributed by atoms with Crippen LogP contribution in [-0.4, -0.2) is 33.0 Å². The molecule has 0 saturated carbocycles. The van der Waals surface area contributed by atoms with Crippen molar-refractivity contribution >= 4 is 68.1 Å². The second-order valence-corrected chi connectivity index (χ2v) is 6.60. The molecule has 0 spiro atoms. The maximum Gasteiger partial charge on any atom is 2.00 e. The molecule has 0 aliphatic carbocycles. The Bertz CT molecular complexity index is 1030. The fraction of sp³-hybridized carbons (Fsp3) is 0.100. The summed E-state index contributed by atoms with van der Waals surface area (Å²) in [6.07, 6.45) is 0. The number of hydrogen-bond acceptors (Lipinski definition) is 4. The van der Waals surface area contributed by atoms with Gasteiger partial charge >= 0.3 is 23.1 Å². The van der Waals surface area contributed by atoms with Crippen LogP contribution in [0.2, 0.25) is 10.0 Å². The van der Waals surface area contributed by atoms with Crippen LogP contribution in [0.4, 0.5) is 0 Å². The van der Waals surface area contributed by atoms with Gasteiger partial charge in [-0.15, -0.1) is 0 Å². The van der Waals surface area contributed by atoms with Gasteiger partial charge in [0, 0.05) is 32.2 Å². The number of rotatable bonds is 0. The van der Waals surface area contributed by atoms with Crippen LogP contribution in [0, 0.1) is 13.8 Å². The Morgan fingerprint density at radius 2 is 1.00 bits per heavy atom. The molecule has 0 aliphatic rings. The molecule has 7 heteroatoms. The monoisotopic (exact) mass is 408 g/mol. The molecule has 2 heterocycles. The Labute approximate surface area is 182 Å². The van der Waals surface area contributed by atoms with Gasteiger partial charge in [-0.25, -0.2) is 0 Å². The van der Waals surface area contributed by atoms with E-state index in [1.54, 1.807) is 12.1 Å². The van der Waals surface area contributed by atoms with Crippen molar-refractivity contribution in [3.8, 4) is 11.5 Å². The zero-order valence-corrected chi connectivity index (χ0v) is 17.7. The molecule has 0 aliphatic heterocycles. The first-order valence-electron chi connectivity index (χ1n) is 7.82. The molecule has 0 unspecified atom stereocenters. The van der Waals surface area contributed by atoms with Crippen molar-refractivity contribution in [1.29, 1.82) is 0 Å². The molecule has 2 aromatic carbocycles. The van der Waals surface area contributed by atoms with Gasteiger partial charge in [0.05, 0.1) is 11.0 Å². The molecule has 4 aromatic rings. The van der Waals surface area contributed by atoms with E-state index in [1.165, 1.54) is 12.1 Å². The Hall–Kier alpha value is -1.79. The van der Waals surface area contributed by atoms with Crippen molar-refractivity contribution in [3.63, 3.8) is 0 Å². The maximum absolute atomic E-state index is 11.4. The summed E-state index contributed by atoms with van der Waals surface area (Å²) in [5.41, 5.74) is 2.55. The molecule has 0 N–H and O–H groups in total. The van der Waals surface area contributed by atoms with Crippen LogP contribution < -0.4 is 10.2 Å². The predicted molar refractivity (Wildman–Crippen MR) is 108 cm³/mol. The Kier molecular flexibility index (Phi) is 7.11. The van der Waals surface area contributed by atoms with Crippen molar-refractivity contribution in [2.45, 2.75) is 13.8 Å². The summed E-state index contributed by atoms with van der Waals surface area (Å²) in [6, 6.07) is 13.4. The summed E-state index contributed by atoms with van der Waals surface area (Å²) in [4.78, 5) is 8.28. The van der Waals surface area contributed by atoms with E-state index in [-0.39, 0.29) is 34.6 Å². The fourth-order valence-corrected chi connectivity index (χ4v) is 2.94. The third kappa shape index (κ3) is 4.74. The zero-order chi connectivity index (χ0) is 18.8. The van der Waals surface area contributed by atoms with Crippen LogP contribution >= 0.6 is 23.2 Å². The number of pyridine rings is 2. The van der Waals surface area contributed by atoms with Crippen LogP contribution in [-0.2, 0) is 0 Å². The SMILES string of the molecule is Cc1ccc2c(Cl)ccc([O-])c2n1.Cc1ccc2c(Cl)ccc([O-])c2n1.[Mg+2]. The Morgan fingerprint density at radius 1 is 0.630 bits per heavy atom. The van der Waals surface area contributed by atoms with Crippen LogP contribution in [0.15, 0.2) is 48.5 Å². The van der Waals surface area contributed by atoms with E-state index in [0.717, 1.165) is 22.2 Å². The molecule has 27 heavy (non-hydrogen) atoms. The second-order valence-electron chi connectivity index (χ2n) is 5.79. The average molecular weight is 410 g/mol. The van der Waals surface area contributed by atoms with Crippen LogP contribution in [0.3, 0.4) is 0 Å². The van der Waals surface area contributed by atoms with Gasteiger partial charge in [0.2, 0.25) is 0 Å². The summed E-state index contributed by atoms with van der Waals surface area (Å²) in [5.74, 6) is -0.161. The van der Waals surface area contributed by atoms with Crippen LogP contribution in [0.25, 0.3) is 21.8 Å². The van der Waals surface area contributed by atoms with Gasteiger partial charge in [0.1, 0.15) is 0 Å². The minimum absolute atomic E-state index is 0. The third-order valence-electron chi connectivity index (χ3n) is 3.81. The van der Waals surface area contributed by atoms with E-state index in [1.807, 2.05) is 38.1 Å². The molecule has 0 bridgehead atoms. The number of aryl methyl sites for hydroxylation is 2. The standard InChI is InChI=1S/2C10H8ClNO.Mg/c2*1-6-2-3-7-8(11)4-5-9(13)10(7)12-6;/h2*2-5,13H,1H3;/q;;+2/p-2. The molecule has 132 valence electrons. The topological polar surface area (TPSA) is 71.9 Å². The maximum atomic E-state index is 11.4. The molecule has 0 atom stereocenters. The van der Waals surface area contributed by atoms with Gasteiger partial charge in [-0.1, -0.05) is 46.8 Å². The minimum atomic E-state index is -0.0805. The van der Waals surface area contributed by atoms with Crippen LogP contribution in [0.1, 0.15) is 11.4 Å². The fourth-order valence-electron chi connectivity index (χ4n) is 2.51. The third-order valence-corrected chi connectivity index (χ3v) is 4.47. The van der Waals surface area contributed by atoms with Crippen molar-refractivity contribution < 1.29 is 10.2 Å². The van der Waals surface area contributed by atoms with Gasteiger partial charge in [-0.3, -0.25) is 9.97 Å². The minimum Gasteiger partial charge on any atom is -0.871 e. The molecular formula is C20H14Cl2MgN2O2. The van der Waals surface area contributed by atoms with Crippen molar-refractivity contribution in [2.24, 2.45) is 0 Å².